The minimum atomic E-state index is 0.112. The lowest BCUT2D eigenvalue weighted by Gasteiger charge is -2.49. The smallest absolute Gasteiger partial charge is 0.232 e. The molecular weight excluding hydrogens is 196 g/mol. The molecule has 14 heavy (non-hydrogen) atoms. The minimum absolute atomic E-state index is 0.112. The SMILES string of the molecule is CN(CC1(N(C)C)CCC1)C(=O)CS. The number of hydrogen-bond donors (Lipinski definition) is 1. The molecule has 0 unspecified atom stereocenters. The topological polar surface area (TPSA) is 23.6 Å². The van der Waals surface area contributed by atoms with Crippen molar-refractivity contribution in [2.75, 3.05) is 33.4 Å². The van der Waals surface area contributed by atoms with Crippen LogP contribution in [-0.4, -0.2) is 54.7 Å². The third-order valence-electron chi connectivity index (χ3n) is 3.33. The number of rotatable bonds is 4. The lowest BCUT2D eigenvalue weighted by Crippen LogP contribution is -2.57. The van der Waals surface area contributed by atoms with E-state index in [1.807, 2.05) is 7.05 Å². The van der Waals surface area contributed by atoms with Gasteiger partial charge in [-0.15, -0.1) is 0 Å². The molecule has 0 aromatic heterocycles. The third-order valence-corrected chi connectivity index (χ3v) is 3.60. The summed E-state index contributed by atoms with van der Waals surface area (Å²) < 4.78 is 0. The van der Waals surface area contributed by atoms with Crippen LogP contribution < -0.4 is 0 Å². The second-order valence-corrected chi connectivity index (χ2v) is 4.70. The molecule has 0 N–H and O–H groups in total. The fourth-order valence-corrected chi connectivity index (χ4v) is 2.22. The standard InChI is InChI=1S/C10H20N2OS/c1-11(2)10(5-4-6-10)8-12(3)9(13)7-14/h14H,4-8H2,1-3H3. The van der Waals surface area contributed by atoms with E-state index >= 15 is 0 Å². The highest BCUT2D eigenvalue weighted by Gasteiger charge is 2.40. The molecule has 1 aliphatic carbocycles. The summed E-state index contributed by atoms with van der Waals surface area (Å²) in [4.78, 5) is 15.4. The molecule has 0 saturated heterocycles. The molecule has 0 spiro atoms. The van der Waals surface area contributed by atoms with Crippen molar-refractivity contribution in [2.45, 2.75) is 24.8 Å². The summed E-state index contributed by atoms with van der Waals surface area (Å²) in [5, 5.41) is 0. The molecule has 1 amide bonds. The van der Waals surface area contributed by atoms with Crippen molar-refractivity contribution < 1.29 is 4.79 Å². The quantitative estimate of drug-likeness (QED) is 0.705. The van der Waals surface area contributed by atoms with Gasteiger partial charge in [0, 0.05) is 19.1 Å². The predicted molar refractivity (Wildman–Crippen MR) is 61.8 cm³/mol. The van der Waals surface area contributed by atoms with Gasteiger partial charge in [-0.1, -0.05) is 0 Å². The Balaban J connectivity index is 2.52. The number of likely N-dealkylation sites (N-methyl/N-ethyl adjacent to an activating group) is 2. The zero-order chi connectivity index (χ0) is 10.8. The second kappa shape index (κ2) is 4.53. The molecule has 1 aliphatic rings. The van der Waals surface area contributed by atoms with Gasteiger partial charge >= 0.3 is 0 Å². The molecule has 3 nitrogen and oxygen atoms in total. The minimum Gasteiger partial charge on any atom is -0.343 e. The van der Waals surface area contributed by atoms with Crippen molar-refractivity contribution >= 4 is 18.5 Å². The van der Waals surface area contributed by atoms with Crippen molar-refractivity contribution in [2.24, 2.45) is 0 Å². The van der Waals surface area contributed by atoms with Gasteiger partial charge in [0.1, 0.15) is 0 Å². The highest BCUT2D eigenvalue weighted by atomic mass is 32.1. The van der Waals surface area contributed by atoms with E-state index in [4.69, 9.17) is 0 Å². The molecule has 82 valence electrons. The average molecular weight is 216 g/mol. The van der Waals surface area contributed by atoms with E-state index in [9.17, 15) is 4.79 Å². The monoisotopic (exact) mass is 216 g/mol. The van der Waals surface area contributed by atoms with Gasteiger partial charge in [0.25, 0.3) is 0 Å². The zero-order valence-electron chi connectivity index (χ0n) is 9.29. The normalized spacial score (nSPS) is 19.2. The van der Waals surface area contributed by atoms with Crippen LogP contribution in [0, 0.1) is 0 Å². The van der Waals surface area contributed by atoms with Crippen LogP contribution in [-0.2, 0) is 4.79 Å². The van der Waals surface area contributed by atoms with Gasteiger partial charge in [0.2, 0.25) is 5.91 Å². The van der Waals surface area contributed by atoms with Crippen LogP contribution >= 0.6 is 12.6 Å². The second-order valence-electron chi connectivity index (χ2n) is 4.38. The number of carbonyl (C=O) groups is 1. The van der Waals surface area contributed by atoms with Crippen LogP contribution in [0.15, 0.2) is 0 Å². The van der Waals surface area contributed by atoms with Gasteiger partial charge in [-0.05, 0) is 33.4 Å². The Labute approximate surface area is 91.9 Å². The molecule has 4 heteroatoms. The van der Waals surface area contributed by atoms with Crippen LogP contribution in [0.5, 0.6) is 0 Å². The number of amides is 1. The van der Waals surface area contributed by atoms with E-state index in [0.717, 1.165) is 6.54 Å². The summed E-state index contributed by atoms with van der Waals surface area (Å²) in [6.45, 7) is 0.833. The first-order chi connectivity index (χ1) is 6.52. The Morgan fingerprint density at radius 2 is 1.93 bits per heavy atom. The fraction of sp³-hybridized carbons (Fsp3) is 0.900. The first kappa shape index (κ1) is 11.9. The number of nitrogens with zero attached hydrogens (tertiary/aromatic N) is 2. The van der Waals surface area contributed by atoms with Gasteiger partial charge in [0.15, 0.2) is 0 Å². The van der Waals surface area contributed by atoms with E-state index in [1.165, 1.54) is 19.3 Å². The number of carbonyl (C=O) groups excluding carboxylic acids is 1. The summed E-state index contributed by atoms with van der Waals surface area (Å²) in [5.74, 6) is 0.418. The van der Waals surface area contributed by atoms with Crippen molar-refractivity contribution in [3.05, 3.63) is 0 Å². The molecule has 0 aromatic rings. The maximum absolute atomic E-state index is 11.4. The molecule has 1 saturated carbocycles. The Kier molecular flexibility index (Phi) is 3.84. The van der Waals surface area contributed by atoms with Gasteiger partial charge < -0.3 is 9.80 Å². The van der Waals surface area contributed by atoms with E-state index < -0.39 is 0 Å². The Morgan fingerprint density at radius 1 is 1.36 bits per heavy atom. The van der Waals surface area contributed by atoms with Crippen molar-refractivity contribution in [1.82, 2.24) is 9.80 Å². The van der Waals surface area contributed by atoms with Crippen LogP contribution in [0.25, 0.3) is 0 Å². The van der Waals surface area contributed by atoms with E-state index in [1.54, 1.807) is 4.90 Å². The maximum atomic E-state index is 11.4. The lowest BCUT2D eigenvalue weighted by atomic mass is 9.75. The highest BCUT2D eigenvalue weighted by Crippen LogP contribution is 2.36. The molecule has 0 aromatic carbocycles. The molecule has 0 radical (unpaired) electrons. The number of thiol groups is 1. The van der Waals surface area contributed by atoms with E-state index in [2.05, 4.69) is 31.6 Å². The average Bonchev–Trinajstić information content (AvgIpc) is 2.08. The lowest BCUT2D eigenvalue weighted by molar-refractivity contribution is -0.129. The first-order valence-electron chi connectivity index (χ1n) is 5.04. The maximum Gasteiger partial charge on any atom is 0.232 e. The van der Waals surface area contributed by atoms with Gasteiger partial charge in [-0.3, -0.25) is 4.79 Å². The van der Waals surface area contributed by atoms with E-state index in [0.29, 0.717) is 5.75 Å². The zero-order valence-corrected chi connectivity index (χ0v) is 10.2. The summed E-state index contributed by atoms with van der Waals surface area (Å²) in [6, 6.07) is 0. The summed E-state index contributed by atoms with van der Waals surface area (Å²) in [7, 11) is 6.05. The van der Waals surface area contributed by atoms with Crippen LogP contribution in [0.2, 0.25) is 0 Å². The molecule has 0 aliphatic heterocycles. The van der Waals surface area contributed by atoms with Crippen molar-refractivity contribution in [3.63, 3.8) is 0 Å². The van der Waals surface area contributed by atoms with Crippen molar-refractivity contribution in [1.29, 1.82) is 0 Å². The van der Waals surface area contributed by atoms with E-state index in [-0.39, 0.29) is 11.4 Å². The van der Waals surface area contributed by atoms with Gasteiger partial charge in [-0.25, -0.2) is 0 Å². The Bertz CT molecular complexity index is 214. The summed E-state index contributed by atoms with van der Waals surface area (Å²) in [5.41, 5.74) is 0.230. The largest absolute Gasteiger partial charge is 0.343 e. The van der Waals surface area contributed by atoms with Gasteiger partial charge in [-0.2, -0.15) is 12.6 Å². The fourth-order valence-electron chi connectivity index (χ4n) is 1.98. The van der Waals surface area contributed by atoms with Crippen LogP contribution in [0.4, 0.5) is 0 Å². The highest BCUT2D eigenvalue weighted by molar-refractivity contribution is 7.81. The van der Waals surface area contributed by atoms with Crippen LogP contribution in [0.1, 0.15) is 19.3 Å². The summed E-state index contributed by atoms with van der Waals surface area (Å²) in [6.07, 6.45) is 3.68. The Morgan fingerprint density at radius 3 is 2.21 bits per heavy atom. The van der Waals surface area contributed by atoms with Crippen molar-refractivity contribution in [3.8, 4) is 0 Å². The van der Waals surface area contributed by atoms with Crippen LogP contribution in [0.3, 0.4) is 0 Å². The third kappa shape index (κ3) is 2.23. The first-order valence-corrected chi connectivity index (χ1v) is 5.67. The summed E-state index contributed by atoms with van der Waals surface area (Å²) >= 11 is 4.00. The predicted octanol–water partition coefficient (Wildman–Crippen LogP) is 0.859. The molecule has 0 atom stereocenters. The molecule has 0 heterocycles. The molecule has 1 rings (SSSR count). The molecule has 1 fully saturated rings. The van der Waals surface area contributed by atoms with Gasteiger partial charge in [0.05, 0.1) is 5.75 Å². The Hall–Kier alpha value is -0.220. The molecular formula is C10H20N2OS. The molecule has 0 bridgehead atoms. The number of hydrogen-bond acceptors (Lipinski definition) is 3.